The van der Waals surface area contributed by atoms with Gasteiger partial charge in [-0.1, -0.05) is 29.8 Å². The van der Waals surface area contributed by atoms with Crippen molar-refractivity contribution >= 4 is 65.3 Å². The molecule has 3 N–H and O–H groups in total. The molecule has 0 bridgehead atoms. The number of nitrogens with zero attached hydrogens (tertiary/aromatic N) is 2. The minimum absolute atomic E-state index is 0.0589. The van der Waals surface area contributed by atoms with Crippen molar-refractivity contribution in [2.75, 3.05) is 10.0 Å². The molecule has 0 saturated carbocycles. The molecule has 1 unspecified atom stereocenters. The number of hydrogen-bond donors (Lipinski definition) is 3. The van der Waals surface area contributed by atoms with E-state index in [1.807, 2.05) is 24.4 Å². The van der Waals surface area contributed by atoms with Gasteiger partial charge in [0, 0.05) is 39.4 Å². The van der Waals surface area contributed by atoms with Crippen molar-refractivity contribution in [2.24, 2.45) is 10.3 Å². The third-order valence-corrected chi connectivity index (χ3v) is 7.19. The van der Waals surface area contributed by atoms with Crippen LogP contribution < -0.4 is 10.0 Å². The summed E-state index contributed by atoms with van der Waals surface area (Å²) in [6.07, 6.45) is 2.92. The van der Waals surface area contributed by atoms with Gasteiger partial charge in [-0.25, -0.2) is 4.21 Å². The van der Waals surface area contributed by atoms with Crippen LogP contribution in [0.4, 0.5) is 11.4 Å². The van der Waals surface area contributed by atoms with E-state index in [-0.39, 0.29) is 16.4 Å². The van der Waals surface area contributed by atoms with Crippen LogP contribution in [0.15, 0.2) is 56.4 Å². The molecule has 1 atom stereocenters. The van der Waals surface area contributed by atoms with E-state index in [1.54, 1.807) is 6.07 Å². The van der Waals surface area contributed by atoms with Gasteiger partial charge in [0.2, 0.25) is 0 Å². The first-order valence-electron chi connectivity index (χ1n) is 9.56. The summed E-state index contributed by atoms with van der Waals surface area (Å²) in [7, 11) is -4.01. The quantitative estimate of drug-likeness (QED) is 0.409. The highest BCUT2D eigenvalue weighted by molar-refractivity contribution is 9.10. The summed E-state index contributed by atoms with van der Waals surface area (Å²) in [5.41, 5.74) is 2.25. The van der Waals surface area contributed by atoms with Gasteiger partial charge in [0.15, 0.2) is 5.84 Å². The number of aromatic nitrogens is 1. The Morgan fingerprint density at radius 1 is 1.26 bits per heavy atom. The molecule has 1 aliphatic heterocycles. The molecule has 0 spiro atoms. The lowest BCUT2D eigenvalue weighted by Crippen LogP contribution is -2.22. The molecule has 164 valence electrons. The number of anilines is 2. The Hall–Kier alpha value is -2.21. The number of nitrogens with one attached hydrogen (secondary N) is 2. The van der Waals surface area contributed by atoms with Crippen molar-refractivity contribution in [2.45, 2.75) is 31.7 Å². The maximum atomic E-state index is 12.9. The maximum Gasteiger partial charge on any atom is 0.286 e. The lowest BCUT2D eigenvalue weighted by Gasteiger charge is -2.18. The predicted molar refractivity (Wildman–Crippen MR) is 127 cm³/mol. The largest absolute Gasteiger partial charge is 0.347 e. The van der Waals surface area contributed by atoms with Crippen molar-refractivity contribution in [3.63, 3.8) is 0 Å². The average molecular weight is 525 g/mol. The molecule has 0 saturated heterocycles. The Morgan fingerprint density at radius 3 is 2.74 bits per heavy atom. The van der Waals surface area contributed by atoms with Gasteiger partial charge in [0.05, 0.1) is 5.69 Å². The lowest BCUT2D eigenvalue weighted by atomic mass is 10.1. The molecule has 11 heteroatoms. The smallest absolute Gasteiger partial charge is 0.286 e. The molecule has 4 rings (SSSR count). The summed E-state index contributed by atoms with van der Waals surface area (Å²) in [5.74, 6) is 0.773. The van der Waals surface area contributed by atoms with E-state index >= 15 is 0 Å². The molecule has 8 nitrogen and oxygen atoms in total. The van der Waals surface area contributed by atoms with E-state index in [0.29, 0.717) is 17.2 Å². The minimum Gasteiger partial charge on any atom is -0.347 e. The number of halogens is 1. The maximum absolute atomic E-state index is 12.9. The highest BCUT2D eigenvalue weighted by Gasteiger charge is 2.28. The first-order chi connectivity index (χ1) is 14.6. The number of benzene rings is 2. The lowest BCUT2D eigenvalue weighted by molar-refractivity contribution is 0.524. The van der Waals surface area contributed by atoms with Crippen molar-refractivity contribution in [1.29, 1.82) is 0 Å². The van der Waals surface area contributed by atoms with E-state index in [2.05, 4.69) is 48.8 Å². The zero-order valence-electron chi connectivity index (χ0n) is 16.8. The van der Waals surface area contributed by atoms with Crippen LogP contribution in [0.5, 0.6) is 0 Å². The van der Waals surface area contributed by atoms with E-state index in [1.165, 1.54) is 12.1 Å². The molecule has 3 aromatic rings. The predicted octanol–water partition coefficient (Wildman–Crippen LogP) is 4.56. The van der Waals surface area contributed by atoms with Crippen molar-refractivity contribution in [3.8, 4) is 0 Å². The van der Waals surface area contributed by atoms with Crippen LogP contribution in [0.25, 0.3) is 10.9 Å². The fourth-order valence-corrected chi connectivity index (χ4v) is 5.33. The molecule has 1 aliphatic rings. The number of amidine groups is 1. The van der Waals surface area contributed by atoms with Gasteiger partial charge < -0.3 is 9.88 Å². The van der Waals surface area contributed by atoms with Gasteiger partial charge in [-0.2, -0.15) is 8.42 Å². The monoisotopic (exact) mass is 524 g/mol. The second-order valence-corrected chi connectivity index (χ2v) is 10.9. The van der Waals surface area contributed by atoms with E-state index in [0.717, 1.165) is 28.3 Å². The third-order valence-electron chi connectivity index (χ3n) is 4.97. The van der Waals surface area contributed by atoms with Crippen LogP contribution in [-0.2, 0) is 27.8 Å². The highest BCUT2D eigenvalue weighted by Crippen LogP contribution is 2.34. The topological polar surface area (TPSA) is 113 Å². The summed E-state index contributed by atoms with van der Waals surface area (Å²) in [4.78, 5) is -0.0589. The molecule has 0 fully saturated rings. The summed E-state index contributed by atoms with van der Waals surface area (Å²) in [5, 5.41) is 4.00. The highest BCUT2D eigenvalue weighted by atomic mass is 79.9. The molecule has 2 heterocycles. The molecule has 0 radical (unpaired) electrons. The van der Waals surface area contributed by atoms with Gasteiger partial charge in [0.1, 0.15) is 4.90 Å². The van der Waals surface area contributed by atoms with E-state index < -0.39 is 21.3 Å². The summed E-state index contributed by atoms with van der Waals surface area (Å²) in [6, 6.07) is 10.3. The molecular weight excluding hydrogens is 504 g/mol. The summed E-state index contributed by atoms with van der Waals surface area (Å²) in [6.45, 7) is 5.13. The Kier molecular flexibility index (Phi) is 5.95. The second kappa shape index (κ2) is 8.38. The molecule has 2 aromatic carbocycles. The van der Waals surface area contributed by atoms with Gasteiger partial charge in [-0.15, -0.1) is 4.40 Å². The molecule has 0 amide bonds. The van der Waals surface area contributed by atoms with Crippen molar-refractivity contribution in [1.82, 2.24) is 4.57 Å². The van der Waals surface area contributed by atoms with Crippen LogP contribution in [-0.4, -0.2) is 27.6 Å². The number of fused-ring (bicyclic) bond motifs is 2. The van der Waals surface area contributed by atoms with Crippen LogP contribution in [0.1, 0.15) is 25.8 Å². The van der Waals surface area contributed by atoms with Gasteiger partial charge >= 0.3 is 0 Å². The molecule has 1 aromatic heterocycles. The van der Waals surface area contributed by atoms with Crippen LogP contribution >= 0.6 is 15.9 Å². The minimum atomic E-state index is -4.01. The fraction of sp³-hybridized carbons (Fsp3) is 0.250. The van der Waals surface area contributed by atoms with E-state index in [9.17, 15) is 12.6 Å². The Bertz CT molecular complexity index is 1330. The fourth-order valence-electron chi connectivity index (χ4n) is 3.48. The zero-order chi connectivity index (χ0) is 22.3. The standard InChI is InChI=1S/C20H21BrN4O4S2/c1-12(2)7-8-25-11-16(15-9-13(21)3-6-18(15)25)20-22-17-5-4-14(23-30(26)27)10-19(17)31(28,29)24-20/h3-6,9-12,23H,7-8H2,1-2H3,(H,22,24)(H,26,27). The Balaban J connectivity index is 1.80. The van der Waals surface area contributed by atoms with Crippen molar-refractivity contribution in [3.05, 3.63) is 52.6 Å². The Morgan fingerprint density at radius 2 is 2.03 bits per heavy atom. The van der Waals surface area contributed by atoms with Crippen LogP contribution in [0.3, 0.4) is 0 Å². The average Bonchev–Trinajstić information content (AvgIpc) is 3.03. The summed E-state index contributed by atoms with van der Waals surface area (Å²) < 4.78 is 55.1. The molecular formula is C20H21BrN4O4S2. The van der Waals surface area contributed by atoms with Gasteiger partial charge in [-0.3, -0.25) is 9.27 Å². The zero-order valence-corrected chi connectivity index (χ0v) is 20.0. The van der Waals surface area contributed by atoms with Gasteiger partial charge in [-0.05, 0) is 48.7 Å². The Labute approximate surface area is 191 Å². The number of hydrogen-bond acceptors (Lipinski definition) is 4. The normalized spacial score (nSPS) is 16.0. The number of sulfonamides is 1. The van der Waals surface area contributed by atoms with Gasteiger partial charge in [0.25, 0.3) is 21.3 Å². The second-order valence-electron chi connectivity index (χ2n) is 7.68. The van der Waals surface area contributed by atoms with Crippen LogP contribution in [0.2, 0.25) is 0 Å². The summed E-state index contributed by atoms with van der Waals surface area (Å²) >= 11 is 1.19. The van der Waals surface area contributed by atoms with E-state index in [4.69, 9.17) is 4.55 Å². The number of aryl methyl sites for hydroxylation is 1. The molecule has 0 aliphatic carbocycles. The molecule has 31 heavy (non-hydrogen) atoms. The first-order valence-corrected chi connectivity index (χ1v) is 12.9. The number of rotatable bonds is 6. The SMILES string of the molecule is CC(C)CCn1cc(C2=NS(=O)(=O)c3cc(NS(=O)O)ccc3N2)c2cc(Br)ccc21. The first kappa shape index (κ1) is 22.0. The van der Waals surface area contributed by atoms with Crippen LogP contribution in [0, 0.1) is 5.92 Å². The van der Waals surface area contributed by atoms with Crippen molar-refractivity contribution < 1.29 is 17.2 Å². The third kappa shape index (κ3) is 4.54.